The van der Waals surface area contributed by atoms with Gasteiger partial charge in [-0.1, -0.05) is 17.7 Å². The second-order valence-electron chi connectivity index (χ2n) is 5.99. The summed E-state index contributed by atoms with van der Waals surface area (Å²) in [7, 11) is 0. The van der Waals surface area contributed by atoms with Crippen LogP contribution < -0.4 is 11.1 Å². The van der Waals surface area contributed by atoms with Gasteiger partial charge in [-0.15, -0.1) is 0 Å². The number of nitrogens with two attached hydrogens (primary N) is 1. The van der Waals surface area contributed by atoms with Crippen molar-refractivity contribution in [1.82, 2.24) is 9.97 Å². The molecule has 0 radical (unpaired) electrons. The van der Waals surface area contributed by atoms with E-state index in [0.717, 1.165) is 17.8 Å². The summed E-state index contributed by atoms with van der Waals surface area (Å²) < 4.78 is 0. The molecule has 0 aliphatic heterocycles. The van der Waals surface area contributed by atoms with Crippen molar-refractivity contribution < 1.29 is 0 Å². The van der Waals surface area contributed by atoms with Crippen LogP contribution in [0.3, 0.4) is 0 Å². The molecule has 0 saturated heterocycles. The fraction of sp³-hybridized carbons (Fsp3) is 0.389. The molecule has 1 aromatic carbocycles. The number of guanidine groups is 1. The lowest BCUT2D eigenvalue weighted by Gasteiger charge is -2.10. The Morgan fingerprint density at radius 1 is 1.00 bits per heavy atom. The Bertz CT molecular complexity index is 691. The quantitative estimate of drug-likeness (QED) is 0.672. The smallest absolute Gasteiger partial charge is 0.229 e. The third-order valence-electron chi connectivity index (χ3n) is 3.71. The Labute approximate surface area is 138 Å². The molecule has 5 heteroatoms. The lowest BCUT2D eigenvalue weighted by atomic mass is 9.97. The summed E-state index contributed by atoms with van der Waals surface area (Å²) in [5.74, 6) is 0.837. The maximum absolute atomic E-state index is 5.93. The Morgan fingerprint density at radius 3 is 2.13 bits per heavy atom. The van der Waals surface area contributed by atoms with Crippen molar-refractivity contribution in [3.05, 3.63) is 51.8 Å². The Morgan fingerprint density at radius 2 is 1.57 bits per heavy atom. The summed E-state index contributed by atoms with van der Waals surface area (Å²) in [5, 5.41) is 2.95. The minimum atomic E-state index is 0.345. The first-order valence-electron chi connectivity index (χ1n) is 7.81. The predicted octanol–water partition coefficient (Wildman–Crippen LogP) is 2.99. The molecule has 0 unspecified atom stereocenters. The number of aliphatic imine (C=N–C) groups is 1. The van der Waals surface area contributed by atoms with Crippen LogP contribution in [0.5, 0.6) is 0 Å². The number of nitrogens with one attached hydrogen (secondary N) is 1. The first kappa shape index (κ1) is 16.9. The van der Waals surface area contributed by atoms with E-state index in [0.29, 0.717) is 18.5 Å². The predicted molar refractivity (Wildman–Crippen MR) is 96.0 cm³/mol. The minimum absolute atomic E-state index is 0.345. The zero-order chi connectivity index (χ0) is 17.0. The van der Waals surface area contributed by atoms with Crippen LogP contribution in [0.2, 0.25) is 0 Å². The molecule has 0 aliphatic carbocycles. The summed E-state index contributed by atoms with van der Waals surface area (Å²) in [5.41, 5.74) is 13.0. The van der Waals surface area contributed by atoms with E-state index in [1.54, 1.807) is 0 Å². The second-order valence-corrected chi connectivity index (χ2v) is 5.99. The zero-order valence-electron chi connectivity index (χ0n) is 14.6. The summed E-state index contributed by atoms with van der Waals surface area (Å²) in [6.45, 7) is 10.9. The van der Waals surface area contributed by atoms with Gasteiger partial charge in [-0.25, -0.2) is 9.97 Å². The van der Waals surface area contributed by atoms with Gasteiger partial charge in [-0.05, 0) is 63.8 Å². The molecule has 2 aromatic rings. The van der Waals surface area contributed by atoms with Crippen molar-refractivity contribution >= 4 is 11.9 Å². The van der Waals surface area contributed by atoms with E-state index in [1.165, 1.54) is 22.3 Å². The summed E-state index contributed by atoms with van der Waals surface area (Å²) in [6, 6.07) is 6.33. The average molecular weight is 311 g/mol. The standard InChI is InChI=1S/C18H25N5/c1-11-8-12(2)16(13(3)9-11)6-7-20-17(19)23-18-21-14(4)10-15(5)22-18/h8-10H,6-7H2,1-5H3,(H3,19,20,21,22,23). The molecule has 1 heterocycles. The van der Waals surface area contributed by atoms with E-state index in [9.17, 15) is 0 Å². The van der Waals surface area contributed by atoms with Crippen LogP contribution >= 0.6 is 0 Å². The normalized spacial score (nSPS) is 11.6. The number of aryl methyl sites for hydroxylation is 5. The molecule has 5 nitrogen and oxygen atoms in total. The van der Waals surface area contributed by atoms with Crippen LogP contribution in [0.25, 0.3) is 0 Å². The highest BCUT2D eigenvalue weighted by molar-refractivity contribution is 5.90. The number of anilines is 1. The van der Waals surface area contributed by atoms with Crippen LogP contribution in [0, 0.1) is 34.6 Å². The number of hydrogen-bond acceptors (Lipinski definition) is 3. The molecule has 122 valence electrons. The third kappa shape index (κ3) is 4.77. The Hall–Kier alpha value is -2.43. The molecule has 1 aromatic heterocycles. The van der Waals surface area contributed by atoms with Crippen LogP contribution in [0.15, 0.2) is 23.2 Å². The average Bonchev–Trinajstić information content (AvgIpc) is 2.40. The van der Waals surface area contributed by atoms with Crippen LogP contribution in [-0.4, -0.2) is 22.5 Å². The first-order chi connectivity index (χ1) is 10.8. The van der Waals surface area contributed by atoms with E-state index in [1.807, 2.05) is 19.9 Å². The maximum atomic E-state index is 5.93. The van der Waals surface area contributed by atoms with Crippen LogP contribution in [0.4, 0.5) is 5.95 Å². The molecule has 0 atom stereocenters. The highest BCUT2D eigenvalue weighted by atomic mass is 15.2. The van der Waals surface area contributed by atoms with Gasteiger partial charge in [0.15, 0.2) is 5.96 Å². The Balaban J connectivity index is 2.00. The number of benzene rings is 1. The summed E-state index contributed by atoms with van der Waals surface area (Å²) in [4.78, 5) is 13.0. The van der Waals surface area contributed by atoms with Crippen LogP contribution in [-0.2, 0) is 6.42 Å². The third-order valence-corrected chi connectivity index (χ3v) is 3.71. The molecule has 0 aliphatic rings. The molecule has 23 heavy (non-hydrogen) atoms. The maximum Gasteiger partial charge on any atom is 0.229 e. The highest BCUT2D eigenvalue weighted by Crippen LogP contribution is 2.16. The molecule has 0 saturated carbocycles. The van der Waals surface area contributed by atoms with E-state index < -0.39 is 0 Å². The molecule has 0 amide bonds. The molecule has 0 bridgehead atoms. The summed E-state index contributed by atoms with van der Waals surface area (Å²) >= 11 is 0. The molecular weight excluding hydrogens is 286 g/mol. The molecule has 2 rings (SSSR count). The Kier molecular flexibility index (Phi) is 5.32. The first-order valence-corrected chi connectivity index (χ1v) is 7.81. The van der Waals surface area contributed by atoms with Crippen molar-refractivity contribution in [3.8, 4) is 0 Å². The monoisotopic (exact) mass is 311 g/mol. The number of hydrogen-bond donors (Lipinski definition) is 2. The number of rotatable bonds is 4. The summed E-state index contributed by atoms with van der Waals surface area (Å²) in [6.07, 6.45) is 0.869. The van der Waals surface area contributed by atoms with Crippen molar-refractivity contribution in [1.29, 1.82) is 0 Å². The molecule has 3 N–H and O–H groups in total. The van der Waals surface area contributed by atoms with E-state index in [2.05, 4.69) is 53.2 Å². The number of aromatic nitrogens is 2. The van der Waals surface area contributed by atoms with Gasteiger partial charge < -0.3 is 5.73 Å². The molecule has 0 spiro atoms. The van der Waals surface area contributed by atoms with E-state index >= 15 is 0 Å². The van der Waals surface area contributed by atoms with Gasteiger partial charge in [-0.2, -0.15) is 0 Å². The molecule has 0 fully saturated rings. The minimum Gasteiger partial charge on any atom is -0.370 e. The van der Waals surface area contributed by atoms with Gasteiger partial charge in [0, 0.05) is 17.9 Å². The van der Waals surface area contributed by atoms with Gasteiger partial charge in [0.05, 0.1) is 0 Å². The van der Waals surface area contributed by atoms with Gasteiger partial charge in [0.2, 0.25) is 5.95 Å². The largest absolute Gasteiger partial charge is 0.370 e. The van der Waals surface area contributed by atoms with Gasteiger partial charge in [-0.3, -0.25) is 10.3 Å². The highest BCUT2D eigenvalue weighted by Gasteiger charge is 2.04. The number of nitrogens with zero attached hydrogens (tertiary/aromatic N) is 3. The van der Waals surface area contributed by atoms with Crippen molar-refractivity contribution in [2.45, 2.75) is 41.0 Å². The zero-order valence-corrected chi connectivity index (χ0v) is 14.6. The van der Waals surface area contributed by atoms with Gasteiger partial charge >= 0.3 is 0 Å². The van der Waals surface area contributed by atoms with Crippen molar-refractivity contribution in [2.24, 2.45) is 10.7 Å². The van der Waals surface area contributed by atoms with Crippen LogP contribution in [0.1, 0.15) is 33.6 Å². The topological polar surface area (TPSA) is 76.2 Å². The van der Waals surface area contributed by atoms with E-state index in [4.69, 9.17) is 5.73 Å². The van der Waals surface area contributed by atoms with E-state index in [-0.39, 0.29) is 0 Å². The lowest BCUT2D eigenvalue weighted by molar-refractivity contribution is 0.940. The molecular formula is C18H25N5. The van der Waals surface area contributed by atoms with Gasteiger partial charge in [0.25, 0.3) is 0 Å². The van der Waals surface area contributed by atoms with Crippen molar-refractivity contribution in [3.63, 3.8) is 0 Å². The fourth-order valence-electron chi connectivity index (χ4n) is 2.83. The second kappa shape index (κ2) is 7.22. The van der Waals surface area contributed by atoms with Gasteiger partial charge in [0.1, 0.15) is 0 Å². The SMILES string of the molecule is Cc1cc(C)c(CCN=C(N)Nc2nc(C)cc(C)n2)c(C)c1. The van der Waals surface area contributed by atoms with Crippen molar-refractivity contribution in [2.75, 3.05) is 11.9 Å². The lowest BCUT2D eigenvalue weighted by Crippen LogP contribution is -2.24. The fourth-order valence-corrected chi connectivity index (χ4v) is 2.83.